The van der Waals surface area contributed by atoms with Gasteiger partial charge >= 0.3 is 12.4 Å². The lowest BCUT2D eigenvalue weighted by Crippen LogP contribution is -2.50. The third-order valence-corrected chi connectivity index (χ3v) is 3.22. The van der Waals surface area contributed by atoms with Crippen molar-refractivity contribution in [2.24, 2.45) is 0 Å². The van der Waals surface area contributed by atoms with Gasteiger partial charge in [0.2, 0.25) is 5.91 Å². The average Bonchev–Trinajstić information content (AvgIpc) is 2.77. The van der Waals surface area contributed by atoms with Crippen LogP contribution >= 0.6 is 0 Å². The minimum absolute atomic E-state index is 0.00383. The predicted molar refractivity (Wildman–Crippen MR) is 67.6 cm³/mol. The molecule has 1 unspecified atom stereocenters. The van der Waals surface area contributed by atoms with Gasteiger partial charge in [0, 0.05) is 12.7 Å². The molecule has 130 valence electrons. The highest BCUT2D eigenvalue weighted by Crippen LogP contribution is 2.23. The van der Waals surface area contributed by atoms with E-state index in [0.717, 1.165) is 12.4 Å². The largest absolute Gasteiger partial charge is 0.408 e. The number of carbonyl (C=O) groups excluding carboxylic acids is 1. The molecule has 1 aromatic rings. The summed E-state index contributed by atoms with van der Waals surface area (Å²) in [4.78, 5) is 12.7. The standard InChI is InChI=1S/C12H14F6N4O/c13-11(14,15)6-21-3-1-2-9(10(21)23)20-8-4-19-22(5-8)7-12(16,17)18/h4-5,9,20H,1-3,6-7H2. The highest BCUT2D eigenvalue weighted by molar-refractivity contribution is 5.85. The monoisotopic (exact) mass is 344 g/mol. The van der Waals surface area contributed by atoms with E-state index in [-0.39, 0.29) is 12.2 Å². The number of alkyl halides is 6. The highest BCUT2D eigenvalue weighted by atomic mass is 19.4. The second-order valence-electron chi connectivity index (χ2n) is 5.26. The Kier molecular flexibility index (Phi) is 4.76. The van der Waals surface area contributed by atoms with Crippen LogP contribution in [0.1, 0.15) is 12.8 Å². The summed E-state index contributed by atoms with van der Waals surface area (Å²) >= 11 is 0. The van der Waals surface area contributed by atoms with Gasteiger partial charge in [-0.05, 0) is 12.8 Å². The number of aromatic nitrogens is 2. The van der Waals surface area contributed by atoms with Crippen LogP contribution < -0.4 is 5.32 Å². The summed E-state index contributed by atoms with van der Waals surface area (Å²) in [6.45, 7) is -2.62. The minimum Gasteiger partial charge on any atom is -0.371 e. The molecule has 1 aliphatic rings. The lowest BCUT2D eigenvalue weighted by atomic mass is 10.0. The molecule has 0 aliphatic carbocycles. The van der Waals surface area contributed by atoms with Gasteiger partial charge in [-0.25, -0.2) is 0 Å². The molecular formula is C12H14F6N4O. The van der Waals surface area contributed by atoms with Gasteiger partial charge < -0.3 is 10.2 Å². The van der Waals surface area contributed by atoms with Crippen molar-refractivity contribution in [3.8, 4) is 0 Å². The molecule has 1 aromatic heterocycles. The van der Waals surface area contributed by atoms with Crippen molar-refractivity contribution in [2.75, 3.05) is 18.4 Å². The van der Waals surface area contributed by atoms with Crippen molar-refractivity contribution in [3.63, 3.8) is 0 Å². The molecule has 1 fully saturated rings. The Morgan fingerprint density at radius 3 is 2.43 bits per heavy atom. The van der Waals surface area contributed by atoms with Crippen LogP contribution in [0.2, 0.25) is 0 Å². The van der Waals surface area contributed by atoms with Gasteiger partial charge in [-0.1, -0.05) is 0 Å². The zero-order valence-electron chi connectivity index (χ0n) is 11.8. The SMILES string of the molecule is O=C1C(Nc2cnn(CC(F)(F)F)c2)CCCN1CC(F)(F)F. The van der Waals surface area contributed by atoms with Crippen molar-refractivity contribution in [1.82, 2.24) is 14.7 Å². The maximum Gasteiger partial charge on any atom is 0.408 e. The van der Waals surface area contributed by atoms with Crippen LogP contribution in [-0.4, -0.2) is 52.1 Å². The summed E-state index contributed by atoms with van der Waals surface area (Å²) in [6, 6.07) is -0.908. The number of anilines is 1. The quantitative estimate of drug-likeness (QED) is 0.854. The summed E-state index contributed by atoms with van der Waals surface area (Å²) in [6.07, 6.45) is -6.10. The molecule has 2 rings (SSSR count). The van der Waals surface area contributed by atoms with Crippen molar-refractivity contribution in [2.45, 2.75) is 37.8 Å². The van der Waals surface area contributed by atoms with E-state index >= 15 is 0 Å². The number of halogens is 6. The molecule has 23 heavy (non-hydrogen) atoms. The molecule has 2 heterocycles. The second kappa shape index (κ2) is 6.28. The van der Waals surface area contributed by atoms with Crippen molar-refractivity contribution >= 4 is 11.6 Å². The number of piperidine rings is 1. The normalized spacial score (nSPS) is 20.0. The number of hydrogen-bond donors (Lipinski definition) is 1. The molecule has 1 amide bonds. The van der Waals surface area contributed by atoms with Crippen molar-refractivity contribution in [1.29, 1.82) is 0 Å². The highest BCUT2D eigenvalue weighted by Gasteiger charge is 2.37. The van der Waals surface area contributed by atoms with Crippen LogP contribution in [0.25, 0.3) is 0 Å². The smallest absolute Gasteiger partial charge is 0.371 e. The molecule has 0 bridgehead atoms. The summed E-state index contributed by atoms with van der Waals surface area (Å²) in [5.41, 5.74) is 0.154. The first-order valence-electron chi connectivity index (χ1n) is 6.75. The summed E-state index contributed by atoms with van der Waals surface area (Å²) in [5, 5.41) is 6.14. The molecule has 1 saturated heterocycles. The Labute approximate surface area is 127 Å². The van der Waals surface area contributed by atoms with Crippen molar-refractivity contribution < 1.29 is 31.1 Å². The van der Waals surface area contributed by atoms with E-state index in [2.05, 4.69) is 10.4 Å². The van der Waals surface area contributed by atoms with Crippen LogP contribution in [0.15, 0.2) is 12.4 Å². The lowest BCUT2D eigenvalue weighted by molar-refractivity contribution is -0.163. The Morgan fingerprint density at radius 2 is 1.83 bits per heavy atom. The van der Waals surface area contributed by atoms with Crippen LogP contribution in [0.5, 0.6) is 0 Å². The molecule has 1 N–H and O–H groups in total. The first kappa shape index (κ1) is 17.4. The van der Waals surface area contributed by atoms with Gasteiger partial charge in [-0.3, -0.25) is 9.48 Å². The lowest BCUT2D eigenvalue weighted by Gasteiger charge is -2.33. The zero-order valence-corrected chi connectivity index (χ0v) is 11.8. The first-order chi connectivity index (χ1) is 10.5. The number of likely N-dealkylation sites (tertiary alicyclic amines) is 1. The van der Waals surface area contributed by atoms with E-state index in [4.69, 9.17) is 0 Å². The third-order valence-electron chi connectivity index (χ3n) is 3.22. The summed E-state index contributed by atoms with van der Waals surface area (Å²) in [7, 11) is 0. The third kappa shape index (κ3) is 5.32. The number of hydrogen-bond acceptors (Lipinski definition) is 3. The number of amides is 1. The Balaban J connectivity index is 1.98. The van der Waals surface area contributed by atoms with Crippen LogP contribution in [0, 0.1) is 0 Å². The van der Waals surface area contributed by atoms with Gasteiger partial charge in [0.15, 0.2) is 0 Å². The molecule has 0 spiro atoms. The van der Waals surface area contributed by atoms with Gasteiger partial charge in [0.05, 0.1) is 11.9 Å². The Bertz CT molecular complexity index is 552. The molecule has 5 nitrogen and oxygen atoms in total. The first-order valence-corrected chi connectivity index (χ1v) is 6.75. The maximum absolute atomic E-state index is 12.4. The molecule has 1 atom stereocenters. The molecule has 11 heteroatoms. The van der Waals surface area contributed by atoms with Gasteiger partial charge in [0.25, 0.3) is 0 Å². The summed E-state index contributed by atoms with van der Waals surface area (Å²) < 4.78 is 74.5. The maximum atomic E-state index is 12.4. The van der Waals surface area contributed by atoms with E-state index < -0.39 is 37.4 Å². The summed E-state index contributed by atoms with van der Waals surface area (Å²) in [5.74, 6) is -0.725. The second-order valence-corrected chi connectivity index (χ2v) is 5.26. The number of carbonyl (C=O) groups is 1. The van der Waals surface area contributed by atoms with Crippen LogP contribution in [0.3, 0.4) is 0 Å². The van der Waals surface area contributed by atoms with Gasteiger partial charge in [-0.15, -0.1) is 0 Å². The van der Waals surface area contributed by atoms with Gasteiger partial charge in [-0.2, -0.15) is 31.4 Å². The fourth-order valence-corrected chi connectivity index (χ4v) is 2.36. The Hall–Kier alpha value is -1.94. The van der Waals surface area contributed by atoms with E-state index in [1.807, 2.05) is 0 Å². The van der Waals surface area contributed by atoms with E-state index in [9.17, 15) is 31.1 Å². The zero-order chi connectivity index (χ0) is 17.3. The number of nitrogens with zero attached hydrogens (tertiary/aromatic N) is 3. The van der Waals surface area contributed by atoms with Gasteiger partial charge in [0.1, 0.15) is 19.1 Å². The van der Waals surface area contributed by atoms with E-state index in [1.165, 1.54) is 0 Å². The van der Waals surface area contributed by atoms with Crippen molar-refractivity contribution in [3.05, 3.63) is 12.4 Å². The number of rotatable bonds is 4. The van der Waals surface area contributed by atoms with E-state index in [1.54, 1.807) is 0 Å². The molecular weight excluding hydrogens is 330 g/mol. The number of nitrogens with one attached hydrogen (secondary N) is 1. The van der Waals surface area contributed by atoms with Crippen LogP contribution in [-0.2, 0) is 11.3 Å². The molecule has 0 aromatic carbocycles. The molecule has 0 saturated carbocycles. The molecule has 0 radical (unpaired) electrons. The van der Waals surface area contributed by atoms with E-state index in [0.29, 0.717) is 22.4 Å². The van der Waals surface area contributed by atoms with Crippen LogP contribution in [0.4, 0.5) is 32.0 Å². The predicted octanol–water partition coefficient (Wildman–Crippen LogP) is 2.41. The fraction of sp³-hybridized carbons (Fsp3) is 0.667. The topological polar surface area (TPSA) is 50.2 Å². The average molecular weight is 344 g/mol. The molecule has 1 aliphatic heterocycles. The Morgan fingerprint density at radius 1 is 1.17 bits per heavy atom. The minimum atomic E-state index is -4.49. The fourth-order valence-electron chi connectivity index (χ4n) is 2.36.